The molecule has 22 heavy (non-hydrogen) atoms. The Bertz CT molecular complexity index is 532. The van der Waals surface area contributed by atoms with E-state index in [1.807, 2.05) is 0 Å². The Morgan fingerprint density at radius 2 is 2.14 bits per heavy atom. The lowest BCUT2D eigenvalue weighted by Gasteiger charge is -2.51. The van der Waals surface area contributed by atoms with Crippen LogP contribution < -0.4 is 4.74 Å². The summed E-state index contributed by atoms with van der Waals surface area (Å²) < 4.78 is 6.07. The molecule has 0 aliphatic heterocycles. The molecule has 0 spiro atoms. The summed E-state index contributed by atoms with van der Waals surface area (Å²) in [5.41, 5.74) is 3.10. The highest BCUT2D eigenvalue weighted by Gasteiger charge is 2.49. The zero-order valence-corrected chi connectivity index (χ0v) is 16.2. The van der Waals surface area contributed by atoms with E-state index in [0.717, 1.165) is 24.8 Å². The third-order valence-electron chi connectivity index (χ3n) is 5.69. The fraction of sp³-hybridized carbons (Fsp3) is 0.684. The minimum atomic E-state index is 0.296. The number of ether oxygens (including phenoxy) is 1. The van der Waals surface area contributed by atoms with Crippen LogP contribution in [0.5, 0.6) is 5.75 Å². The van der Waals surface area contributed by atoms with Crippen LogP contribution in [0.4, 0.5) is 0 Å². The van der Waals surface area contributed by atoms with Crippen molar-refractivity contribution in [3.63, 3.8) is 0 Å². The minimum Gasteiger partial charge on any atom is -0.494 e. The van der Waals surface area contributed by atoms with E-state index in [-0.39, 0.29) is 0 Å². The molecular weight excluding hydrogens is 385 g/mol. The minimum absolute atomic E-state index is 0.296. The zero-order valence-electron chi connectivity index (χ0n) is 14.1. The van der Waals surface area contributed by atoms with E-state index in [4.69, 9.17) is 4.74 Å². The standard InChI is InChI=1S/C19H28INO/c1-4-21(3)18-12-14-9-10-15(22-5-2)13-17(14)19(20)11-7-6-8-16(18)19/h9-10,13,16,18H,4-8,11-12H2,1-3H3/t16-,18+,19+/m1/s1. The predicted molar refractivity (Wildman–Crippen MR) is 101 cm³/mol. The maximum Gasteiger partial charge on any atom is 0.119 e. The Morgan fingerprint density at radius 1 is 1.32 bits per heavy atom. The molecule has 1 fully saturated rings. The number of hydrogen-bond donors (Lipinski definition) is 0. The fourth-order valence-corrected chi connectivity index (χ4v) is 6.04. The van der Waals surface area contributed by atoms with Crippen molar-refractivity contribution >= 4 is 22.6 Å². The number of benzene rings is 1. The van der Waals surface area contributed by atoms with Crippen LogP contribution in [0.25, 0.3) is 0 Å². The van der Waals surface area contributed by atoms with Gasteiger partial charge < -0.3 is 9.64 Å². The maximum atomic E-state index is 5.78. The van der Waals surface area contributed by atoms with Crippen LogP contribution in [0.1, 0.15) is 50.7 Å². The van der Waals surface area contributed by atoms with Crippen LogP contribution in [-0.4, -0.2) is 31.1 Å². The van der Waals surface area contributed by atoms with E-state index in [9.17, 15) is 0 Å². The number of halogens is 1. The number of fused-ring (bicyclic) bond motifs is 3. The van der Waals surface area contributed by atoms with Gasteiger partial charge in [-0.1, -0.05) is 48.4 Å². The smallest absolute Gasteiger partial charge is 0.119 e. The maximum absolute atomic E-state index is 5.78. The first-order valence-electron chi connectivity index (χ1n) is 8.75. The molecule has 3 heteroatoms. The van der Waals surface area contributed by atoms with E-state index < -0.39 is 0 Å². The highest BCUT2D eigenvalue weighted by molar-refractivity contribution is 14.1. The van der Waals surface area contributed by atoms with E-state index in [1.165, 1.54) is 32.1 Å². The molecule has 0 heterocycles. The van der Waals surface area contributed by atoms with Crippen LogP contribution in [0.15, 0.2) is 18.2 Å². The third-order valence-corrected chi connectivity index (χ3v) is 7.61. The first-order chi connectivity index (χ1) is 10.6. The van der Waals surface area contributed by atoms with Gasteiger partial charge in [-0.3, -0.25) is 0 Å². The van der Waals surface area contributed by atoms with Gasteiger partial charge in [0.25, 0.3) is 0 Å². The summed E-state index contributed by atoms with van der Waals surface area (Å²) in [5.74, 6) is 1.82. The second-order valence-corrected chi connectivity index (χ2v) is 8.74. The molecule has 0 aromatic heterocycles. The van der Waals surface area contributed by atoms with E-state index >= 15 is 0 Å². The fourth-order valence-electron chi connectivity index (χ4n) is 4.43. The summed E-state index contributed by atoms with van der Waals surface area (Å²) in [6.45, 7) is 6.23. The molecule has 2 aliphatic rings. The Balaban J connectivity index is 2.04. The summed E-state index contributed by atoms with van der Waals surface area (Å²) in [5, 5.41) is 0. The second-order valence-electron chi connectivity index (χ2n) is 6.81. The van der Waals surface area contributed by atoms with Crippen molar-refractivity contribution < 1.29 is 4.74 Å². The molecule has 3 rings (SSSR count). The van der Waals surface area contributed by atoms with Crippen LogP contribution in [0.3, 0.4) is 0 Å². The van der Waals surface area contributed by atoms with Gasteiger partial charge >= 0.3 is 0 Å². The Hall–Kier alpha value is -0.290. The quantitative estimate of drug-likeness (QED) is 0.520. The normalized spacial score (nSPS) is 30.8. The van der Waals surface area contributed by atoms with Gasteiger partial charge in [-0.05, 0) is 69.0 Å². The Morgan fingerprint density at radius 3 is 2.86 bits per heavy atom. The molecular formula is C19H28INO. The molecule has 2 nitrogen and oxygen atoms in total. The van der Waals surface area contributed by atoms with Crippen LogP contribution in [0, 0.1) is 5.92 Å². The van der Waals surface area contributed by atoms with Crippen LogP contribution >= 0.6 is 22.6 Å². The van der Waals surface area contributed by atoms with E-state index in [0.29, 0.717) is 9.46 Å². The molecule has 0 N–H and O–H groups in total. The second kappa shape index (κ2) is 6.68. The molecule has 122 valence electrons. The van der Waals surface area contributed by atoms with Gasteiger partial charge in [-0.15, -0.1) is 0 Å². The average molecular weight is 413 g/mol. The largest absolute Gasteiger partial charge is 0.494 e. The van der Waals surface area contributed by atoms with E-state index in [2.05, 4.69) is 66.6 Å². The van der Waals surface area contributed by atoms with Gasteiger partial charge in [-0.2, -0.15) is 0 Å². The summed E-state index contributed by atoms with van der Waals surface area (Å²) in [6, 6.07) is 7.51. The van der Waals surface area contributed by atoms with E-state index in [1.54, 1.807) is 11.1 Å². The molecule has 0 radical (unpaired) electrons. The van der Waals surface area contributed by atoms with Gasteiger partial charge in [0.15, 0.2) is 0 Å². The van der Waals surface area contributed by atoms with Crippen LogP contribution in [0.2, 0.25) is 0 Å². The van der Waals surface area contributed by atoms with Crippen molar-refractivity contribution in [3.8, 4) is 5.75 Å². The predicted octanol–water partition coefficient (Wildman–Crippen LogP) is 4.78. The number of nitrogens with zero attached hydrogens (tertiary/aromatic N) is 1. The third kappa shape index (κ3) is 2.79. The van der Waals surface area contributed by atoms with Crippen molar-refractivity contribution in [1.82, 2.24) is 4.90 Å². The lowest BCUT2D eigenvalue weighted by molar-refractivity contribution is 0.112. The first-order valence-corrected chi connectivity index (χ1v) is 9.83. The van der Waals surface area contributed by atoms with Crippen molar-refractivity contribution in [2.45, 2.75) is 55.4 Å². The first kappa shape index (κ1) is 16.6. The van der Waals surface area contributed by atoms with Crippen molar-refractivity contribution in [2.75, 3.05) is 20.2 Å². The highest BCUT2D eigenvalue weighted by atomic mass is 127. The summed E-state index contributed by atoms with van der Waals surface area (Å²) in [6.07, 6.45) is 6.64. The average Bonchev–Trinajstić information content (AvgIpc) is 2.54. The van der Waals surface area contributed by atoms with Crippen LogP contribution in [-0.2, 0) is 9.84 Å². The van der Waals surface area contributed by atoms with Crippen molar-refractivity contribution in [3.05, 3.63) is 29.3 Å². The molecule has 1 aromatic rings. The molecule has 2 aliphatic carbocycles. The number of hydrogen-bond acceptors (Lipinski definition) is 2. The van der Waals surface area contributed by atoms with Crippen molar-refractivity contribution in [2.24, 2.45) is 5.92 Å². The summed E-state index contributed by atoms with van der Waals surface area (Å²) in [4.78, 5) is 2.57. The number of rotatable bonds is 4. The lowest BCUT2D eigenvalue weighted by atomic mass is 9.65. The Labute approximate surface area is 148 Å². The van der Waals surface area contributed by atoms with Gasteiger partial charge in [0.1, 0.15) is 5.75 Å². The molecule has 1 aromatic carbocycles. The molecule has 3 atom stereocenters. The molecule has 0 amide bonds. The number of alkyl halides is 1. The molecule has 0 saturated heterocycles. The lowest BCUT2D eigenvalue weighted by Crippen LogP contribution is -2.51. The van der Waals surface area contributed by atoms with Gasteiger partial charge in [0.2, 0.25) is 0 Å². The van der Waals surface area contributed by atoms with Gasteiger partial charge in [0, 0.05) is 6.04 Å². The van der Waals surface area contributed by atoms with Gasteiger partial charge in [0.05, 0.1) is 10.0 Å². The summed E-state index contributed by atoms with van der Waals surface area (Å²) >= 11 is 2.79. The van der Waals surface area contributed by atoms with Crippen molar-refractivity contribution in [1.29, 1.82) is 0 Å². The molecule has 1 saturated carbocycles. The zero-order chi connectivity index (χ0) is 15.7. The molecule has 0 bridgehead atoms. The molecule has 0 unspecified atom stereocenters. The Kier molecular flexibility index (Phi) is 5.03. The van der Waals surface area contributed by atoms with Gasteiger partial charge in [-0.25, -0.2) is 0 Å². The highest BCUT2D eigenvalue weighted by Crippen LogP contribution is 2.55. The topological polar surface area (TPSA) is 12.5 Å². The monoisotopic (exact) mass is 413 g/mol. The SMILES string of the molecule is CCOc1ccc2c(c1)[C@]1(I)CCCC[C@@H]1[C@@H](N(C)CC)C2. The number of likely N-dealkylation sites (N-methyl/N-ethyl adjacent to an activating group) is 1. The summed E-state index contributed by atoms with van der Waals surface area (Å²) in [7, 11) is 2.30.